The van der Waals surface area contributed by atoms with Crippen LogP contribution in [0.3, 0.4) is 0 Å². The summed E-state index contributed by atoms with van der Waals surface area (Å²) < 4.78 is 0. The van der Waals surface area contributed by atoms with Gasteiger partial charge in [-0.3, -0.25) is 24.9 Å². The lowest BCUT2D eigenvalue weighted by Crippen LogP contribution is -2.33. The van der Waals surface area contributed by atoms with Gasteiger partial charge < -0.3 is 5.32 Å². The molecule has 1 aromatic rings. The summed E-state index contributed by atoms with van der Waals surface area (Å²) in [5.74, 6) is -2.37. The summed E-state index contributed by atoms with van der Waals surface area (Å²) in [5.41, 5.74) is 1.63. The van der Waals surface area contributed by atoms with E-state index < -0.39 is 16.7 Å². The highest BCUT2D eigenvalue weighted by atomic mass is 16.6. The van der Waals surface area contributed by atoms with E-state index in [0.29, 0.717) is 5.56 Å². The van der Waals surface area contributed by atoms with Gasteiger partial charge in [0.2, 0.25) is 0 Å². The molecule has 0 saturated carbocycles. The minimum atomic E-state index is -1.25. The molecule has 3 N–H and O–H groups in total. The molecule has 0 saturated heterocycles. The molecule has 8 nitrogen and oxygen atoms in total. The van der Waals surface area contributed by atoms with Gasteiger partial charge in [-0.25, -0.2) is 5.48 Å². The fourth-order valence-electron chi connectivity index (χ4n) is 1.09. The second-order valence-corrected chi connectivity index (χ2v) is 3.15. The zero-order chi connectivity index (χ0) is 13.0. The van der Waals surface area contributed by atoms with Gasteiger partial charge in [0.25, 0.3) is 5.69 Å². The highest BCUT2D eigenvalue weighted by molar-refractivity contribution is 6.39. The van der Waals surface area contributed by atoms with Crippen molar-refractivity contribution in [2.24, 2.45) is 0 Å². The maximum absolute atomic E-state index is 11.1. The number of nitrogens with one attached hydrogen (secondary N) is 2. The van der Waals surface area contributed by atoms with Crippen molar-refractivity contribution in [3.63, 3.8) is 0 Å². The molecule has 2 amide bonds. The van der Waals surface area contributed by atoms with Crippen LogP contribution in [-0.2, 0) is 9.59 Å². The van der Waals surface area contributed by atoms with Crippen molar-refractivity contribution in [3.05, 3.63) is 33.9 Å². The Labute approximate surface area is 95.4 Å². The standard InChI is InChI=1S/C9H9N3O5/c1-5-2-3-6(12(16)17)4-7(5)10-8(13)9(14)11-15/h2-4,15H,1H3,(H,10,13)(H,11,14). The summed E-state index contributed by atoms with van der Waals surface area (Å²) in [4.78, 5) is 31.8. The van der Waals surface area contributed by atoms with Crippen LogP contribution in [0.1, 0.15) is 5.56 Å². The van der Waals surface area contributed by atoms with Gasteiger partial charge in [-0.15, -0.1) is 0 Å². The van der Waals surface area contributed by atoms with Gasteiger partial charge in [-0.1, -0.05) is 6.07 Å². The predicted octanol–water partition coefficient (Wildman–Crippen LogP) is 0.347. The largest absolute Gasteiger partial charge is 0.332 e. The first-order valence-electron chi connectivity index (χ1n) is 4.46. The number of anilines is 1. The van der Waals surface area contributed by atoms with E-state index in [4.69, 9.17) is 5.21 Å². The number of non-ortho nitro benzene ring substituents is 1. The van der Waals surface area contributed by atoms with E-state index >= 15 is 0 Å². The number of nitrogens with zero attached hydrogens (tertiary/aromatic N) is 1. The molecule has 0 unspecified atom stereocenters. The fraction of sp³-hybridized carbons (Fsp3) is 0.111. The van der Waals surface area contributed by atoms with Crippen LogP contribution in [-0.4, -0.2) is 21.9 Å². The lowest BCUT2D eigenvalue weighted by atomic mass is 10.2. The number of rotatable bonds is 2. The van der Waals surface area contributed by atoms with E-state index in [1.165, 1.54) is 12.1 Å². The molecule has 0 radical (unpaired) electrons. The molecule has 0 aromatic heterocycles. The Kier molecular flexibility index (Phi) is 3.73. The third-order valence-electron chi connectivity index (χ3n) is 1.99. The molecule has 0 spiro atoms. The number of amides is 2. The van der Waals surface area contributed by atoms with Crippen molar-refractivity contribution in [1.82, 2.24) is 5.48 Å². The maximum Gasteiger partial charge on any atom is 0.332 e. The number of carbonyl (C=O) groups is 2. The van der Waals surface area contributed by atoms with Crippen LogP contribution >= 0.6 is 0 Å². The van der Waals surface area contributed by atoms with Gasteiger partial charge in [0.15, 0.2) is 0 Å². The molecule has 8 heteroatoms. The average Bonchev–Trinajstić information content (AvgIpc) is 2.30. The minimum absolute atomic E-state index is 0.132. The number of aryl methyl sites for hydroxylation is 1. The summed E-state index contributed by atoms with van der Waals surface area (Å²) in [7, 11) is 0. The first-order chi connectivity index (χ1) is 7.95. The van der Waals surface area contributed by atoms with Crippen LogP contribution in [0.5, 0.6) is 0 Å². The average molecular weight is 239 g/mol. The Morgan fingerprint density at radius 1 is 1.35 bits per heavy atom. The maximum atomic E-state index is 11.1. The molecule has 0 aliphatic carbocycles. The highest BCUT2D eigenvalue weighted by Crippen LogP contribution is 2.21. The van der Waals surface area contributed by atoms with Gasteiger partial charge >= 0.3 is 11.8 Å². The summed E-state index contributed by atoms with van der Waals surface area (Å²) in [5, 5.41) is 20.9. The SMILES string of the molecule is Cc1ccc([N+](=O)[O-])cc1NC(=O)C(=O)NO. The lowest BCUT2D eigenvalue weighted by Gasteiger charge is -2.06. The molecule has 0 heterocycles. The monoisotopic (exact) mass is 239 g/mol. The molecule has 90 valence electrons. The molecule has 0 fully saturated rings. The normalized spacial score (nSPS) is 9.53. The van der Waals surface area contributed by atoms with E-state index in [0.717, 1.165) is 11.5 Å². The zero-order valence-electron chi connectivity index (χ0n) is 8.76. The van der Waals surface area contributed by atoms with E-state index in [-0.39, 0.29) is 11.4 Å². The van der Waals surface area contributed by atoms with Crippen molar-refractivity contribution in [2.75, 3.05) is 5.32 Å². The van der Waals surface area contributed by atoms with Crippen molar-refractivity contribution in [3.8, 4) is 0 Å². The van der Waals surface area contributed by atoms with Crippen molar-refractivity contribution in [1.29, 1.82) is 0 Å². The lowest BCUT2D eigenvalue weighted by molar-refractivity contribution is -0.384. The molecular weight excluding hydrogens is 230 g/mol. The van der Waals surface area contributed by atoms with Crippen molar-refractivity contribution in [2.45, 2.75) is 6.92 Å². The summed E-state index contributed by atoms with van der Waals surface area (Å²) >= 11 is 0. The third-order valence-corrected chi connectivity index (χ3v) is 1.99. The van der Waals surface area contributed by atoms with E-state index in [1.54, 1.807) is 6.92 Å². The molecular formula is C9H9N3O5. The molecule has 0 aliphatic heterocycles. The molecule has 0 bridgehead atoms. The molecule has 1 rings (SSSR count). The molecule has 0 aliphatic rings. The van der Waals surface area contributed by atoms with Gasteiger partial charge in [0, 0.05) is 12.1 Å². The van der Waals surface area contributed by atoms with Crippen LogP contribution in [0, 0.1) is 17.0 Å². The second-order valence-electron chi connectivity index (χ2n) is 3.15. The minimum Gasteiger partial charge on any atom is -0.317 e. The van der Waals surface area contributed by atoms with Gasteiger partial charge in [0.05, 0.1) is 10.6 Å². The van der Waals surface area contributed by atoms with Gasteiger partial charge in [-0.2, -0.15) is 0 Å². The van der Waals surface area contributed by atoms with Crippen molar-refractivity contribution < 1.29 is 19.7 Å². The summed E-state index contributed by atoms with van der Waals surface area (Å²) in [6, 6.07) is 3.83. The smallest absolute Gasteiger partial charge is 0.317 e. The Balaban J connectivity index is 2.98. The van der Waals surface area contributed by atoms with Crippen LogP contribution in [0.2, 0.25) is 0 Å². The second kappa shape index (κ2) is 5.03. The van der Waals surface area contributed by atoms with Crippen LogP contribution in [0.25, 0.3) is 0 Å². The van der Waals surface area contributed by atoms with Crippen LogP contribution in [0.4, 0.5) is 11.4 Å². The number of carbonyl (C=O) groups excluding carboxylic acids is 2. The molecule has 1 aromatic carbocycles. The summed E-state index contributed by atoms with van der Waals surface area (Å²) in [6.45, 7) is 1.61. The summed E-state index contributed by atoms with van der Waals surface area (Å²) in [6.07, 6.45) is 0. The Morgan fingerprint density at radius 2 is 2.00 bits per heavy atom. The van der Waals surface area contributed by atoms with E-state index in [2.05, 4.69) is 5.32 Å². The molecule has 0 atom stereocenters. The third kappa shape index (κ3) is 2.98. The number of nitro groups is 1. The number of nitro benzene ring substituents is 1. The topological polar surface area (TPSA) is 122 Å². The Morgan fingerprint density at radius 3 is 2.53 bits per heavy atom. The predicted molar refractivity (Wildman–Crippen MR) is 56.4 cm³/mol. The van der Waals surface area contributed by atoms with Gasteiger partial charge in [0.1, 0.15) is 0 Å². The number of hydroxylamine groups is 1. The highest BCUT2D eigenvalue weighted by Gasteiger charge is 2.15. The van der Waals surface area contributed by atoms with Crippen LogP contribution < -0.4 is 10.8 Å². The quantitative estimate of drug-likeness (QED) is 0.297. The van der Waals surface area contributed by atoms with Crippen LogP contribution in [0.15, 0.2) is 18.2 Å². The fourth-order valence-corrected chi connectivity index (χ4v) is 1.09. The zero-order valence-corrected chi connectivity index (χ0v) is 8.76. The number of benzene rings is 1. The Bertz CT molecular complexity index is 486. The Hall–Kier alpha value is -2.48. The first kappa shape index (κ1) is 12.6. The van der Waals surface area contributed by atoms with E-state index in [9.17, 15) is 19.7 Å². The number of hydrogen-bond donors (Lipinski definition) is 3. The number of hydrogen-bond acceptors (Lipinski definition) is 5. The van der Waals surface area contributed by atoms with E-state index in [1.807, 2.05) is 0 Å². The molecule has 17 heavy (non-hydrogen) atoms. The van der Waals surface area contributed by atoms with Gasteiger partial charge in [-0.05, 0) is 12.5 Å². The first-order valence-corrected chi connectivity index (χ1v) is 4.46. The van der Waals surface area contributed by atoms with Crippen molar-refractivity contribution >= 4 is 23.2 Å².